The molecule has 6 nitrogen and oxygen atoms in total. The van der Waals surface area contributed by atoms with Gasteiger partial charge in [-0.25, -0.2) is 0 Å². The normalized spacial score (nSPS) is 21.7. The highest BCUT2D eigenvalue weighted by atomic mass is 16.2. The summed E-state index contributed by atoms with van der Waals surface area (Å²) in [4.78, 5) is 26.6. The van der Waals surface area contributed by atoms with E-state index in [1.807, 2.05) is 22.7 Å². The van der Waals surface area contributed by atoms with Crippen LogP contribution < -0.4 is 5.32 Å². The highest BCUT2D eigenvalue weighted by Crippen LogP contribution is 2.33. The van der Waals surface area contributed by atoms with Crippen LogP contribution in [0.3, 0.4) is 0 Å². The molecule has 114 valence electrons. The summed E-state index contributed by atoms with van der Waals surface area (Å²) in [7, 11) is 0. The van der Waals surface area contributed by atoms with Gasteiger partial charge in [0.1, 0.15) is 5.54 Å². The second kappa shape index (κ2) is 5.50. The summed E-state index contributed by atoms with van der Waals surface area (Å²) < 4.78 is 1.85. The number of hydrogen-bond donors (Lipinski definition) is 1. The second-order valence-electron chi connectivity index (χ2n) is 6.02. The minimum Gasteiger partial charge on any atom is -0.342 e. The Balaban J connectivity index is 1.80. The molecule has 0 bridgehead atoms. The minimum atomic E-state index is -0.645. The molecule has 2 aliphatic rings. The van der Waals surface area contributed by atoms with E-state index in [-0.39, 0.29) is 11.8 Å². The minimum absolute atomic E-state index is 0.00277. The third kappa shape index (κ3) is 2.66. The quantitative estimate of drug-likeness (QED) is 0.905. The summed E-state index contributed by atoms with van der Waals surface area (Å²) >= 11 is 0. The highest BCUT2D eigenvalue weighted by molar-refractivity contribution is 5.93. The summed E-state index contributed by atoms with van der Waals surface area (Å²) in [5.41, 5.74) is 0.377. The molecule has 0 atom stereocenters. The molecule has 0 radical (unpaired) electrons. The van der Waals surface area contributed by atoms with Crippen molar-refractivity contribution in [3.05, 3.63) is 18.0 Å². The molecule has 1 aliphatic carbocycles. The Labute approximate surface area is 124 Å². The van der Waals surface area contributed by atoms with Gasteiger partial charge in [-0.3, -0.25) is 14.3 Å². The SMILES string of the molecule is CCn1cc(CN2CCC(=O)NC3(CCCC3)C2=O)cn1. The topological polar surface area (TPSA) is 67.2 Å². The molecular formula is C15H22N4O2. The Morgan fingerprint density at radius 1 is 1.33 bits per heavy atom. The first kappa shape index (κ1) is 14.1. The van der Waals surface area contributed by atoms with E-state index in [9.17, 15) is 9.59 Å². The molecule has 3 rings (SSSR count). The average Bonchev–Trinajstić information content (AvgIpc) is 3.09. The fraction of sp³-hybridized carbons (Fsp3) is 0.667. The number of hydrogen-bond acceptors (Lipinski definition) is 3. The zero-order valence-corrected chi connectivity index (χ0v) is 12.5. The van der Waals surface area contributed by atoms with Crippen LogP contribution in [0.25, 0.3) is 0 Å². The van der Waals surface area contributed by atoms with Crippen molar-refractivity contribution in [2.45, 2.75) is 57.7 Å². The second-order valence-corrected chi connectivity index (χ2v) is 6.02. The maximum Gasteiger partial charge on any atom is 0.248 e. The third-order valence-corrected chi connectivity index (χ3v) is 4.53. The number of nitrogens with zero attached hydrogens (tertiary/aromatic N) is 3. The lowest BCUT2D eigenvalue weighted by atomic mass is 9.96. The number of carbonyl (C=O) groups excluding carboxylic acids is 2. The molecule has 1 N–H and O–H groups in total. The van der Waals surface area contributed by atoms with E-state index >= 15 is 0 Å². The molecule has 2 amide bonds. The summed E-state index contributed by atoms with van der Waals surface area (Å²) in [6.45, 7) is 3.88. The third-order valence-electron chi connectivity index (χ3n) is 4.53. The number of carbonyl (C=O) groups is 2. The van der Waals surface area contributed by atoms with E-state index in [4.69, 9.17) is 0 Å². The Bertz CT molecular complexity index is 546. The average molecular weight is 290 g/mol. The van der Waals surface area contributed by atoms with Crippen LogP contribution in [0.15, 0.2) is 12.4 Å². The molecule has 1 aliphatic heterocycles. The van der Waals surface area contributed by atoms with Gasteiger partial charge in [0.25, 0.3) is 0 Å². The molecular weight excluding hydrogens is 268 g/mol. The Hall–Kier alpha value is -1.85. The lowest BCUT2D eigenvalue weighted by molar-refractivity contribution is -0.139. The molecule has 6 heteroatoms. The van der Waals surface area contributed by atoms with Gasteiger partial charge in [-0.2, -0.15) is 5.10 Å². The van der Waals surface area contributed by atoms with Crippen molar-refractivity contribution >= 4 is 11.8 Å². The van der Waals surface area contributed by atoms with Crippen molar-refractivity contribution in [3.63, 3.8) is 0 Å². The van der Waals surface area contributed by atoms with Crippen molar-refractivity contribution in [2.24, 2.45) is 0 Å². The molecule has 1 saturated carbocycles. The van der Waals surface area contributed by atoms with Gasteiger partial charge >= 0.3 is 0 Å². The fourth-order valence-corrected chi connectivity index (χ4v) is 3.37. The van der Waals surface area contributed by atoms with Crippen LogP contribution in [0.4, 0.5) is 0 Å². The van der Waals surface area contributed by atoms with Crippen molar-refractivity contribution < 1.29 is 9.59 Å². The zero-order chi connectivity index (χ0) is 14.9. The number of aryl methyl sites for hydroxylation is 1. The molecule has 1 aromatic rings. The van der Waals surface area contributed by atoms with Gasteiger partial charge in [0, 0.05) is 37.8 Å². The van der Waals surface area contributed by atoms with E-state index in [0.717, 1.165) is 37.8 Å². The molecule has 2 heterocycles. The largest absolute Gasteiger partial charge is 0.342 e. The van der Waals surface area contributed by atoms with Crippen LogP contribution in [0, 0.1) is 0 Å². The fourth-order valence-electron chi connectivity index (χ4n) is 3.37. The first-order valence-corrected chi connectivity index (χ1v) is 7.75. The van der Waals surface area contributed by atoms with Crippen LogP contribution in [-0.2, 0) is 22.7 Å². The maximum absolute atomic E-state index is 12.9. The summed E-state index contributed by atoms with van der Waals surface area (Å²) in [6, 6.07) is 0. The predicted molar refractivity (Wildman–Crippen MR) is 77.3 cm³/mol. The Kier molecular flexibility index (Phi) is 3.69. The highest BCUT2D eigenvalue weighted by Gasteiger charge is 2.46. The molecule has 1 saturated heterocycles. The standard InChI is InChI=1S/C15H22N4O2/c1-2-19-11-12(9-16-19)10-18-8-5-13(20)17-15(14(18)21)6-3-4-7-15/h9,11H,2-8,10H2,1H3,(H,17,20). The first-order chi connectivity index (χ1) is 10.1. The molecule has 21 heavy (non-hydrogen) atoms. The lowest BCUT2D eigenvalue weighted by Gasteiger charge is -2.31. The van der Waals surface area contributed by atoms with E-state index in [0.29, 0.717) is 19.5 Å². The van der Waals surface area contributed by atoms with Crippen molar-refractivity contribution in [2.75, 3.05) is 6.54 Å². The van der Waals surface area contributed by atoms with Gasteiger partial charge in [0.2, 0.25) is 11.8 Å². The Morgan fingerprint density at radius 3 is 2.76 bits per heavy atom. The molecule has 0 aromatic carbocycles. The molecule has 0 unspecified atom stereocenters. The molecule has 1 aromatic heterocycles. The van der Waals surface area contributed by atoms with Crippen LogP contribution >= 0.6 is 0 Å². The van der Waals surface area contributed by atoms with E-state index in [1.165, 1.54) is 0 Å². The van der Waals surface area contributed by atoms with Crippen molar-refractivity contribution in [1.82, 2.24) is 20.0 Å². The monoisotopic (exact) mass is 290 g/mol. The summed E-state index contributed by atoms with van der Waals surface area (Å²) in [6.07, 6.45) is 7.70. The summed E-state index contributed by atoms with van der Waals surface area (Å²) in [5.74, 6) is 0.0760. The van der Waals surface area contributed by atoms with Gasteiger partial charge in [0.15, 0.2) is 0 Å². The maximum atomic E-state index is 12.9. The predicted octanol–water partition coefficient (Wildman–Crippen LogP) is 1.06. The van der Waals surface area contributed by atoms with E-state index in [2.05, 4.69) is 10.4 Å². The van der Waals surface area contributed by atoms with Gasteiger partial charge < -0.3 is 10.2 Å². The van der Waals surface area contributed by atoms with Gasteiger partial charge in [-0.15, -0.1) is 0 Å². The Morgan fingerprint density at radius 2 is 2.10 bits per heavy atom. The van der Waals surface area contributed by atoms with Gasteiger partial charge in [-0.05, 0) is 19.8 Å². The van der Waals surface area contributed by atoms with E-state index in [1.54, 1.807) is 6.20 Å². The zero-order valence-electron chi connectivity index (χ0n) is 12.5. The van der Waals surface area contributed by atoms with Crippen molar-refractivity contribution in [3.8, 4) is 0 Å². The lowest BCUT2D eigenvalue weighted by Crippen LogP contribution is -2.55. The first-order valence-electron chi connectivity index (χ1n) is 7.75. The smallest absolute Gasteiger partial charge is 0.248 e. The van der Waals surface area contributed by atoms with Crippen molar-refractivity contribution in [1.29, 1.82) is 0 Å². The van der Waals surface area contributed by atoms with Gasteiger partial charge in [-0.1, -0.05) is 12.8 Å². The van der Waals surface area contributed by atoms with Crippen LogP contribution in [-0.4, -0.2) is 38.6 Å². The number of rotatable bonds is 3. The van der Waals surface area contributed by atoms with Crippen LogP contribution in [0.2, 0.25) is 0 Å². The summed E-state index contributed by atoms with van der Waals surface area (Å²) in [5, 5.41) is 7.23. The van der Waals surface area contributed by atoms with Crippen LogP contribution in [0.1, 0.15) is 44.6 Å². The number of nitrogens with one attached hydrogen (secondary N) is 1. The molecule has 2 fully saturated rings. The van der Waals surface area contributed by atoms with Crippen LogP contribution in [0.5, 0.6) is 0 Å². The molecule has 1 spiro atoms. The van der Waals surface area contributed by atoms with Gasteiger partial charge in [0.05, 0.1) is 6.20 Å². The van der Waals surface area contributed by atoms with E-state index < -0.39 is 5.54 Å². The number of amides is 2. The number of aromatic nitrogens is 2.